The Morgan fingerprint density at radius 1 is 1.67 bits per heavy atom. The fourth-order valence-electron chi connectivity index (χ4n) is 0.876. The van der Waals surface area contributed by atoms with Gasteiger partial charge in [0.25, 0.3) is 0 Å². The van der Waals surface area contributed by atoms with E-state index in [9.17, 15) is 9.18 Å². The molecule has 0 saturated carbocycles. The van der Waals surface area contributed by atoms with E-state index in [1.165, 1.54) is 12.1 Å². The van der Waals surface area contributed by atoms with E-state index in [-0.39, 0.29) is 17.3 Å². The van der Waals surface area contributed by atoms with Crippen LogP contribution in [0.2, 0.25) is 5.02 Å². The van der Waals surface area contributed by atoms with Crippen molar-refractivity contribution in [3.05, 3.63) is 39.5 Å². The van der Waals surface area contributed by atoms with E-state index in [0.29, 0.717) is 0 Å². The fourth-order valence-corrected chi connectivity index (χ4v) is 1.04. The van der Waals surface area contributed by atoms with Gasteiger partial charge in [-0.05, 0) is 23.7 Å². The molecule has 0 heterocycles. The first-order valence-corrected chi connectivity index (χ1v) is 4.27. The van der Waals surface area contributed by atoms with E-state index in [4.69, 9.17) is 17.1 Å². The number of carbonyl (C=O) groups excluding carboxylic acids is 1. The molecule has 1 aromatic carbocycles. The molecule has 1 N–H and O–H groups in total. The third kappa shape index (κ3) is 3.46. The number of benzene rings is 1. The lowest BCUT2D eigenvalue weighted by molar-refractivity contribution is -0.114. The molecule has 0 aliphatic carbocycles. The maximum atomic E-state index is 13.1. The largest absolute Gasteiger partial charge is 0.323 e. The Balaban J connectivity index is 2.72. The molecule has 0 unspecified atom stereocenters. The van der Waals surface area contributed by atoms with Gasteiger partial charge in [-0.2, -0.15) is 0 Å². The van der Waals surface area contributed by atoms with Crippen LogP contribution in [0.3, 0.4) is 0 Å². The summed E-state index contributed by atoms with van der Waals surface area (Å²) in [5, 5.41) is 5.51. The number of azide groups is 1. The minimum atomic E-state index is -0.642. The number of nitrogens with one attached hydrogen (secondary N) is 1. The summed E-state index contributed by atoms with van der Waals surface area (Å²) >= 11 is 5.52. The standard InChI is InChI=1S/C8H6ClFN4O/c9-5-1-2-7(6(10)3-5)13-8(15)4-12-14-11/h1-3H,4H2,(H,13,15). The van der Waals surface area contributed by atoms with E-state index in [2.05, 4.69) is 15.3 Å². The summed E-state index contributed by atoms with van der Waals surface area (Å²) < 4.78 is 13.1. The highest BCUT2D eigenvalue weighted by molar-refractivity contribution is 6.30. The molecule has 1 aromatic rings. The van der Waals surface area contributed by atoms with Gasteiger partial charge in [0.05, 0.1) is 5.69 Å². The molecule has 0 saturated heterocycles. The summed E-state index contributed by atoms with van der Waals surface area (Å²) in [5.41, 5.74) is 7.96. The van der Waals surface area contributed by atoms with Gasteiger partial charge in [0.1, 0.15) is 12.4 Å². The number of halogens is 2. The zero-order valence-electron chi connectivity index (χ0n) is 7.44. The average Bonchev–Trinajstić information content (AvgIpc) is 2.19. The maximum Gasteiger partial charge on any atom is 0.230 e. The zero-order valence-corrected chi connectivity index (χ0v) is 8.20. The van der Waals surface area contributed by atoms with Crippen LogP contribution in [0.5, 0.6) is 0 Å². The zero-order chi connectivity index (χ0) is 11.3. The van der Waals surface area contributed by atoms with Crippen molar-refractivity contribution in [1.29, 1.82) is 0 Å². The molecule has 0 bridgehead atoms. The highest BCUT2D eigenvalue weighted by atomic mass is 35.5. The van der Waals surface area contributed by atoms with Crippen LogP contribution in [-0.4, -0.2) is 12.5 Å². The number of hydrogen-bond acceptors (Lipinski definition) is 2. The minimum Gasteiger partial charge on any atom is -0.323 e. The molecule has 1 amide bonds. The molecule has 0 atom stereocenters. The summed E-state index contributed by atoms with van der Waals surface area (Å²) in [6.45, 7) is -0.376. The fraction of sp³-hybridized carbons (Fsp3) is 0.125. The molecule has 0 aliphatic rings. The van der Waals surface area contributed by atoms with Gasteiger partial charge in [-0.3, -0.25) is 4.79 Å². The van der Waals surface area contributed by atoms with E-state index in [1.54, 1.807) is 0 Å². The molecule has 15 heavy (non-hydrogen) atoms. The molecular formula is C8H6ClFN4O. The number of hydrogen-bond donors (Lipinski definition) is 1. The van der Waals surface area contributed by atoms with Gasteiger partial charge in [-0.25, -0.2) is 4.39 Å². The third-order valence-electron chi connectivity index (χ3n) is 1.48. The normalized spacial score (nSPS) is 9.20. The van der Waals surface area contributed by atoms with Gasteiger partial charge < -0.3 is 5.32 Å². The Morgan fingerprint density at radius 3 is 3.00 bits per heavy atom. The average molecular weight is 229 g/mol. The lowest BCUT2D eigenvalue weighted by Crippen LogP contribution is -2.15. The van der Waals surface area contributed by atoms with E-state index >= 15 is 0 Å². The number of nitrogens with zero attached hydrogens (tertiary/aromatic N) is 3. The second kappa shape index (κ2) is 5.19. The number of anilines is 1. The first-order valence-electron chi connectivity index (χ1n) is 3.89. The molecule has 0 radical (unpaired) electrons. The molecule has 0 fully saturated rings. The second-order valence-electron chi connectivity index (χ2n) is 2.56. The molecule has 5 nitrogen and oxygen atoms in total. The Hall–Kier alpha value is -1.78. The van der Waals surface area contributed by atoms with Gasteiger partial charge >= 0.3 is 0 Å². The van der Waals surface area contributed by atoms with Gasteiger partial charge in [-0.15, -0.1) is 0 Å². The Morgan fingerprint density at radius 2 is 2.40 bits per heavy atom. The molecule has 1 rings (SSSR count). The Bertz CT molecular complexity index is 431. The number of amides is 1. The molecule has 0 aromatic heterocycles. The predicted molar refractivity (Wildman–Crippen MR) is 54.1 cm³/mol. The van der Waals surface area contributed by atoms with Crippen LogP contribution in [0.15, 0.2) is 23.3 Å². The highest BCUT2D eigenvalue weighted by Gasteiger charge is 2.06. The monoisotopic (exact) mass is 228 g/mol. The molecule has 78 valence electrons. The SMILES string of the molecule is [N-]=[N+]=NCC(=O)Nc1ccc(Cl)cc1F. The smallest absolute Gasteiger partial charge is 0.230 e. The van der Waals surface area contributed by atoms with Crippen LogP contribution >= 0.6 is 11.6 Å². The quantitative estimate of drug-likeness (QED) is 0.482. The van der Waals surface area contributed by atoms with Crippen molar-refractivity contribution >= 4 is 23.2 Å². The summed E-state index contributed by atoms with van der Waals surface area (Å²) in [6.07, 6.45) is 0. The number of carbonyl (C=O) groups is 1. The van der Waals surface area contributed by atoms with Gasteiger partial charge in [0.2, 0.25) is 5.91 Å². The van der Waals surface area contributed by atoms with E-state index < -0.39 is 11.7 Å². The van der Waals surface area contributed by atoms with Crippen molar-refractivity contribution in [2.24, 2.45) is 5.11 Å². The lowest BCUT2D eigenvalue weighted by Gasteiger charge is -2.04. The summed E-state index contributed by atoms with van der Waals surface area (Å²) in [4.78, 5) is 13.4. The van der Waals surface area contributed by atoms with Crippen LogP contribution in [0.25, 0.3) is 10.4 Å². The molecule has 0 aliphatic heterocycles. The van der Waals surface area contributed by atoms with E-state index in [1.807, 2.05) is 0 Å². The Labute approximate surface area is 89.5 Å². The Kier molecular flexibility index (Phi) is 3.91. The summed E-state index contributed by atoms with van der Waals surface area (Å²) in [5.74, 6) is -1.23. The minimum absolute atomic E-state index is 0.00228. The van der Waals surface area contributed by atoms with Crippen LogP contribution in [0.4, 0.5) is 10.1 Å². The molecular weight excluding hydrogens is 223 g/mol. The van der Waals surface area contributed by atoms with Crippen molar-refractivity contribution in [3.63, 3.8) is 0 Å². The van der Waals surface area contributed by atoms with Crippen LogP contribution in [0.1, 0.15) is 0 Å². The van der Waals surface area contributed by atoms with Gasteiger partial charge in [-0.1, -0.05) is 16.7 Å². The molecule has 0 spiro atoms. The van der Waals surface area contributed by atoms with Crippen molar-refractivity contribution in [2.45, 2.75) is 0 Å². The van der Waals surface area contributed by atoms with Crippen molar-refractivity contribution in [3.8, 4) is 0 Å². The predicted octanol–water partition coefficient (Wildman–Crippen LogP) is 2.73. The highest BCUT2D eigenvalue weighted by Crippen LogP contribution is 2.18. The van der Waals surface area contributed by atoms with Crippen molar-refractivity contribution in [2.75, 3.05) is 11.9 Å². The van der Waals surface area contributed by atoms with Crippen molar-refractivity contribution < 1.29 is 9.18 Å². The van der Waals surface area contributed by atoms with Gasteiger partial charge in [0.15, 0.2) is 0 Å². The summed E-state index contributed by atoms with van der Waals surface area (Å²) in [6, 6.07) is 3.84. The first kappa shape index (κ1) is 11.3. The van der Waals surface area contributed by atoms with Crippen LogP contribution in [0, 0.1) is 5.82 Å². The van der Waals surface area contributed by atoms with Crippen molar-refractivity contribution in [1.82, 2.24) is 0 Å². The summed E-state index contributed by atoms with van der Waals surface area (Å²) in [7, 11) is 0. The maximum absolute atomic E-state index is 13.1. The first-order chi connectivity index (χ1) is 7.13. The van der Waals surface area contributed by atoms with Crippen LogP contribution in [-0.2, 0) is 4.79 Å². The lowest BCUT2D eigenvalue weighted by atomic mass is 10.3. The number of rotatable bonds is 3. The topological polar surface area (TPSA) is 77.9 Å². The van der Waals surface area contributed by atoms with Gasteiger partial charge in [0, 0.05) is 9.93 Å². The van der Waals surface area contributed by atoms with Crippen LogP contribution < -0.4 is 5.32 Å². The third-order valence-corrected chi connectivity index (χ3v) is 1.72. The molecule has 7 heteroatoms. The van der Waals surface area contributed by atoms with E-state index in [0.717, 1.165) is 6.07 Å². The second-order valence-corrected chi connectivity index (χ2v) is 3.00.